The molecule has 3 aromatic rings. The number of fused-ring (bicyclic) bond motifs is 3. The van der Waals surface area contributed by atoms with Crippen LogP contribution < -0.4 is 14.8 Å². The number of Topliss-reactive ketones (excluding diaryl/α,β-unsaturated/α-hetero) is 1. The van der Waals surface area contributed by atoms with Crippen LogP contribution in [0.3, 0.4) is 0 Å². The molecule has 0 aromatic heterocycles. The summed E-state index contributed by atoms with van der Waals surface area (Å²) in [5.41, 5.74) is 1.71. The summed E-state index contributed by atoms with van der Waals surface area (Å²) in [5.74, 6) is -1.24. The van der Waals surface area contributed by atoms with Gasteiger partial charge in [0.05, 0.1) is 33.4 Å². The number of benzene rings is 3. The highest BCUT2D eigenvalue weighted by molar-refractivity contribution is 6.10. The van der Waals surface area contributed by atoms with E-state index in [0.29, 0.717) is 31.3 Å². The first-order chi connectivity index (χ1) is 20.4. The minimum Gasteiger partial charge on any atom is -0.497 e. The van der Waals surface area contributed by atoms with Gasteiger partial charge in [-0.1, -0.05) is 48.5 Å². The largest absolute Gasteiger partial charge is 0.497 e. The van der Waals surface area contributed by atoms with Crippen LogP contribution in [0.4, 0.5) is 0 Å². The number of aryl methyl sites for hydroxylation is 2. The van der Waals surface area contributed by atoms with E-state index in [4.69, 9.17) is 18.9 Å². The molecule has 2 aliphatic heterocycles. The number of hydrogen-bond acceptors (Lipinski definition) is 8. The van der Waals surface area contributed by atoms with Gasteiger partial charge in [-0.05, 0) is 54.3 Å². The van der Waals surface area contributed by atoms with Gasteiger partial charge in [-0.25, -0.2) is 0 Å². The number of morpholine rings is 1. The van der Waals surface area contributed by atoms with E-state index < -0.39 is 28.9 Å². The van der Waals surface area contributed by atoms with Crippen LogP contribution in [0.1, 0.15) is 33.7 Å². The molecule has 4 atom stereocenters. The van der Waals surface area contributed by atoms with E-state index in [1.165, 1.54) is 7.11 Å². The summed E-state index contributed by atoms with van der Waals surface area (Å²) in [6.07, 6.45) is 0. The van der Waals surface area contributed by atoms with Gasteiger partial charge < -0.3 is 18.9 Å². The molecule has 0 bridgehead atoms. The van der Waals surface area contributed by atoms with Gasteiger partial charge in [0.2, 0.25) is 0 Å². The van der Waals surface area contributed by atoms with Crippen molar-refractivity contribution in [1.82, 2.24) is 10.2 Å². The molecule has 1 N–H and O–H groups in total. The summed E-state index contributed by atoms with van der Waals surface area (Å²) in [6.45, 7) is 8.29. The Labute approximate surface area is 246 Å². The Bertz CT molecular complexity index is 1470. The number of carbonyl (C=O) groups excluding carboxylic acids is 2. The predicted molar refractivity (Wildman–Crippen MR) is 158 cm³/mol. The average Bonchev–Trinajstić information content (AvgIpc) is 3.42. The van der Waals surface area contributed by atoms with Gasteiger partial charge in [0.15, 0.2) is 16.9 Å². The van der Waals surface area contributed by atoms with Crippen molar-refractivity contribution in [2.75, 3.05) is 53.6 Å². The Hall–Kier alpha value is -3.72. The fourth-order valence-corrected chi connectivity index (χ4v) is 7.43. The van der Waals surface area contributed by atoms with E-state index in [1.54, 1.807) is 7.11 Å². The number of nitrogens with zero attached hydrogens (tertiary/aromatic N) is 1. The maximum absolute atomic E-state index is 15.2. The third kappa shape index (κ3) is 4.23. The zero-order valence-electron chi connectivity index (χ0n) is 24.6. The average molecular weight is 571 g/mol. The number of methoxy groups -OCH3 is 2. The smallest absolute Gasteiger partial charge is 0.317 e. The Balaban J connectivity index is 1.62. The number of hydrogen-bond donors (Lipinski definition) is 1. The highest BCUT2D eigenvalue weighted by Crippen LogP contribution is 2.67. The molecular weight excluding hydrogens is 532 g/mol. The van der Waals surface area contributed by atoms with Gasteiger partial charge >= 0.3 is 5.97 Å². The van der Waals surface area contributed by atoms with Crippen LogP contribution in [0.25, 0.3) is 0 Å². The first kappa shape index (κ1) is 28.4. The number of nitrogens with one attached hydrogen (secondary N) is 1. The predicted octanol–water partition coefficient (Wildman–Crippen LogP) is 3.87. The third-order valence-electron chi connectivity index (χ3n) is 9.12. The number of ether oxygens (including phenoxy) is 4. The first-order valence-corrected chi connectivity index (χ1v) is 14.5. The zero-order valence-corrected chi connectivity index (χ0v) is 24.6. The summed E-state index contributed by atoms with van der Waals surface area (Å²) >= 11 is 0. The lowest BCUT2D eigenvalue weighted by molar-refractivity contribution is -0.149. The van der Waals surface area contributed by atoms with Gasteiger partial charge in [0.1, 0.15) is 17.4 Å². The van der Waals surface area contributed by atoms with Crippen LogP contribution in [0, 0.1) is 19.8 Å². The minimum atomic E-state index is -1.36. The highest BCUT2D eigenvalue weighted by atomic mass is 16.5. The second-order valence-corrected chi connectivity index (χ2v) is 11.4. The fourth-order valence-electron chi connectivity index (χ4n) is 7.43. The molecule has 1 aliphatic carbocycles. The van der Waals surface area contributed by atoms with E-state index in [2.05, 4.69) is 16.3 Å². The maximum Gasteiger partial charge on any atom is 0.317 e. The van der Waals surface area contributed by atoms with E-state index in [0.717, 1.165) is 47.5 Å². The van der Waals surface area contributed by atoms with Crippen LogP contribution in [0.2, 0.25) is 0 Å². The van der Waals surface area contributed by atoms with Gasteiger partial charge in [-0.2, -0.15) is 0 Å². The quantitative estimate of drug-likeness (QED) is 0.323. The molecule has 3 aliphatic rings. The van der Waals surface area contributed by atoms with Crippen molar-refractivity contribution < 1.29 is 28.5 Å². The normalized spacial score (nSPS) is 26.8. The van der Waals surface area contributed by atoms with Crippen LogP contribution in [-0.4, -0.2) is 70.3 Å². The second-order valence-electron chi connectivity index (χ2n) is 11.4. The molecule has 2 fully saturated rings. The lowest BCUT2D eigenvalue weighted by Crippen LogP contribution is -2.60. The third-order valence-corrected chi connectivity index (χ3v) is 9.12. The summed E-state index contributed by atoms with van der Waals surface area (Å²) in [4.78, 5) is 31.2. The number of rotatable bonds is 8. The lowest BCUT2D eigenvalue weighted by atomic mass is 9.68. The molecule has 220 valence electrons. The molecule has 1 saturated heterocycles. The van der Waals surface area contributed by atoms with Crippen molar-refractivity contribution in [2.45, 2.75) is 30.9 Å². The molecule has 6 rings (SSSR count). The molecule has 0 radical (unpaired) electrons. The van der Waals surface area contributed by atoms with Gasteiger partial charge in [-0.3, -0.25) is 19.8 Å². The molecule has 42 heavy (non-hydrogen) atoms. The number of esters is 1. The second kappa shape index (κ2) is 11.2. The number of ketones is 1. The van der Waals surface area contributed by atoms with Crippen LogP contribution in [-0.2, 0) is 30.2 Å². The van der Waals surface area contributed by atoms with E-state index in [1.807, 2.05) is 74.5 Å². The van der Waals surface area contributed by atoms with Crippen molar-refractivity contribution in [3.05, 3.63) is 94.5 Å². The molecule has 0 spiro atoms. The van der Waals surface area contributed by atoms with Crippen molar-refractivity contribution in [1.29, 1.82) is 0 Å². The molecule has 3 aromatic carbocycles. The Morgan fingerprint density at radius 2 is 1.74 bits per heavy atom. The van der Waals surface area contributed by atoms with E-state index in [-0.39, 0.29) is 5.78 Å². The Morgan fingerprint density at radius 1 is 1.02 bits per heavy atom. The minimum absolute atomic E-state index is 0.244. The molecule has 0 unspecified atom stereocenters. The van der Waals surface area contributed by atoms with Crippen LogP contribution in [0.15, 0.2) is 66.7 Å². The SMILES string of the molecule is COC(=O)[C@H]1C(=O)[C@@]2(NCCN3CCOCC3)c3c(C)cc(C)cc3O[C@@]2(c2ccc(OC)cc2)[C@@H]1c1ccccc1. The monoisotopic (exact) mass is 570 g/mol. The van der Waals surface area contributed by atoms with E-state index >= 15 is 4.79 Å². The van der Waals surface area contributed by atoms with Gasteiger partial charge in [-0.15, -0.1) is 0 Å². The van der Waals surface area contributed by atoms with Crippen molar-refractivity contribution in [2.24, 2.45) is 5.92 Å². The molecule has 2 heterocycles. The van der Waals surface area contributed by atoms with Crippen molar-refractivity contribution >= 4 is 11.8 Å². The molecular formula is C34H38N2O6. The fraction of sp³-hybridized carbons (Fsp3) is 0.412. The molecule has 0 amide bonds. The summed E-state index contributed by atoms with van der Waals surface area (Å²) in [5, 5.41) is 3.75. The first-order valence-electron chi connectivity index (χ1n) is 14.5. The molecule has 8 nitrogen and oxygen atoms in total. The van der Waals surface area contributed by atoms with Crippen LogP contribution in [0.5, 0.6) is 11.5 Å². The van der Waals surface area contributed by atoms with Gasteiger partial charge in [0, 0.05) is 31.7 Å². The zero-order chi connectivity index (χ0) is 29.5. The number of carbonyl (C=O) groups is 2. The van der Waals surface area contributed by atoms with Crippen molar-refractivity contribution in [3.63, 3.8) is 0 Å². The standard InChI is InChI=1S/C34H38N2O6/c1-22-20-23(2)29-27(21-22)42-34(25-10-12-26(39-3)13-11-25)30(24-8-6-5-7-9-24)28(32(38)40-4)31(37)33(29,34)35-14-15-36-16-18-41-19-17-36/h5-13,20-21,28,30,35H,14-19H2,1-4H3/t28-,30-,33+,34+/m1/s1. The lowest BCUT2D eigenvalue weighted by Gasteiger charge is -2.43. The Morgan fingerprint density at radius 3 is 2.40 bits per heavy atom. The molecule has 8 heteroatoms. The molecule has 1 saturated carbocycles. The highest BCUT2D eigenvalue weighted by Gasteiger charge is 2.78. The Kier molecular flexibility index (Phi) is 7.55. The van der Waals surface area contributed by atoms with Gasteiger partial charge in [0.25, 0.3) is 0 Å². The van der Waals surface area contributed by atoms with Crippen LogP contribution >= 0.6 is 0 Å². The van der Waals surface area contributed by atoms with E-state index in [9.17, 15) is 4.79 Å². The summed E-state index contributed by atoms with van der Waals surface area (Å²) in [7, 11) is 2.96. The topological polar surface area (TPSA) is 86.3 Å². The summed E-state index contributed by atoms with van der Waals surface area (Å²) < 4.78 is 23.6. The summed E-state index contributed by atoms with van der Waals surface area (Å²) in [6, 6.07) is 21.5. The maximum atomic E-state index is 15.2. The van der Waals surface area contributed by atoms with Crippen molar-refractivity contribution in [3.8, 4) is 11.5 Å².